The summed E-state index contributed by atoms with van der Waals surface area (Å²) in [6, 6.07) is 7.36. The molecule has 0 bridgehead atoms. The summed E-state index contributed by atoms with van der Waals surface area (Å²) in [5.41, 5.74) is -0.200. The quantitative estimate of drug-likeness (QED) is 0.608. The number of amides is 2. The maximum absolute atomic E-state index is 12.4. The number of rotatable bonds is 6. The van der Waals surface area contributed by atoms with E-state index in [1.165, 1.54) is 25.3 Å². The van der Waals surface area contributed by atoms with Crippen molar-refractivity contribution in [2.75, 3.05) is 10.6 Å². The van der Waals surface area contributed by atoms with Crippen LogP contribution >= 0.6 is 0 Å². The second-order valence-electron chi connectivity index (χ2n) is 7.46. The van der Waals surface area contributed by atoms with E-state index in [1.807, 2.05) is 0 Å². The summed E-state index contributed by atoms with van der Waals surface area (Å²) in [5, 5.41) is 7.85. The van der Waals surface area contributed by atoms with Crippen LogP contribution in [0.15, 0.2) is 42.6 Å². The summed E-state index contributed by atoms with van der Waals surface area (Å²) in [4.78, 5) is 28.4. The Kier molecular flexibility index (Phi) is 7.32. The fourth-order valence-corrected chi connectivity index (χ4v) is 2.30. The largest absolute Gasteiger partial charge is 0.573 e. The van der Waals surface area contributed by atoms with Crippen LogP contribution in [0.3, 0.4) is 0 Å². The van der Waals surface area contributed by atoms with Gasteiger partial charge in [-0.05, 0) is 52.0 Å². The van der Waals surface area contributed by atoms with Crippen LogP contribution in [0.4, 0.5) is 35.2 Å². The highest BCUT2D eigenvalue weighted by Gasteiger charge is 2.31. The molecule has 8 nitrogen and oxygen atoms in total. The van der Waals surface area contributed by atoms with Crippen molar-refractivity contribution in [3.05, 3.63) is 42.6 Å². The van der Waals surface area contributed by atoms with Gasteiger partial charge in [0.05, 0.1) is 5.69 Å². The molecule has 1 atom stereocenters. The van der Waals surface area contributed by atoms with Gasteiger partial charge in [0.25, 0.3) is 0 Å². The fourth-order valence-electron chi connectivity index (χ4n) is 2.30. The van der Waals surface area contributed by atoms with E-state index >= 15 is 0 Å². The minimum Gasteiger partial charge on any atom is -0.444 e. The number of aromatic nitrogens is 1. The van der Waals surface area contributed by atoms with Crippen molar-refractivity contribution < 1.29 is 32.2 Å². The first-order valence-electron chi connectivity index (χ1n) is 9.20. The van der Waals surface area contributed by atoms with Crippen LogP contribution in [0, 0.1) is 0 Å². The molecule has 0 unspecified atom stereocenters. The first-order valence-corrected chi connectivity index (χ1v) is 9.20. The Morgan fingerprint density at radius 1 is 1.10 bits per heavy atom. The number of hydrogen-bond acceptors (Lipinski definition) is 6. The maximum Gasteiger partial charge on any atom is 0.573 e. The maximum atomic E-state index is 12.4. The van der Waals surface area contributed by atoms with E-state index in [0.717, 1.165) is 12.1 Å². The Morgan fingerprint density at radius 3 is 2.45 bits per heavy atom. The van der Waals surface area contributed by atoms with Gasteiger partial charge >= 0.3 is 12.5 Å². The molecule has 1 aromatic heterocycles. The van der Waals surface area contributed by atoms with Gasteiger partial charge in [0, 0.05) is 18.0 Å². The van der Waals surface area contributed by atoms with Crippen molar-refractivity contribution >= 4 is 29.2 Å². The van der Waals surface area contributed by atoms with Gasteiger partial charge in [-0.25, -0.2) is 9.78 Å². The SMILES string of the molecule is C[C@H](NC(=O)OC(C)(C)C)C(=O)Nc1cccnc1Nc1cccc(OC(F)(F)F)c1. The number of anilines is 3. The van der Waals surface area contributed by atoms with E-state index in [1.54, 1.807) is 32.9 Å². The van der Waals surface area contributed by atoms with Crippen LogP contribution in [0.5, 0.6) is 5.75 Å². The Bertz CT molecular complexity index is 929. The molecule has 0 spiro atoms. The third kappa shape index (κ3) is 8.41. The van der Waals surface area contributed by atoms with Crippen molar-refractivity contribution in [3.8, 4) is 5.75 Å². The molecule has 3 N–H and O–H groups in total. The van der Waals surface area contributed by atoms with Gasteiger partial charge in [-0.3, -0.25) is 4.79 Å². The number of carbonyl (C=O) groups excluding carboxylic acids is 2. The highest BCUT2D eigenvalue weighted by molar-refractivity contribution is 5.98. The van der Waals surface area contributed by atoms with Crippen LogP contribution in [-0.2, 0) is 9.53 Å². The molecule has 11 heteroatoms. The minimum atomic E-state index is -4.82. The Balaban J connectivity index is 2.08. The van der Waals surface area contributed by atoms with Crippen molar-refractivity contribution in [3.63, 3.8) is 0 Å². The van der Waals surface area contributed by atoms with Crippen molar-refractivity contribution in [1.82, 2.24) is 10.3 Å². The predicted molar refractivity (Wildman–Crippen MR) is 108 cm³/mol. The Hall–Kier alpha value is -3.50. The number of carbonyl (C=O) groups is 2. The lowest BCUT2D eigenvalue weighted by atomic mass is 10.2. The van der Waals surface area contributed by atoms with Crippen LogP contribution in [0.1, 0.15) is 27.7 Å². The number of benzene rings is 1. The average molecular weight is 440 g/mol. The molecule has 168 valence electrons. The minimum absolute atomic E-state index is 0.185. The lowest BCUT2D eigenvalue weighted by Gasteiger charge is -2.22. The smallest absolute Gasteiger partial charge is 0.444 e. The zero-order chi connectivity index (χ0) is 23.2. The number of nitrogens with one attached hydrogen (secondary N) is 3. The number of alkyl carbamates (subject to hydrolysis) is 1. The standard InChI is InChI=1S/C20H23F3N4O4/c1-12(25-18(29)31-19(2,3)4)17(28)27-15-9-6-10-24-16(15)26-13-7-5-8-14(11-13)30-20(21,22)23/h5-12H,1-4H3,(H,24,26)(H,25,29)(H,27,28)/t12-/m0/s1. The van der Waals surface area contributed by atoms with E-state index in [-0.39, 0.29) is 17.2 Å². The second-order valence-corrected chi connectivity index (χ2v) is 7.46. The monoisotopic (exact) mass is 440 g/mol. The first-order chi connectivity index (χ1) is 14.3. The van der Waals surface area contributed by atoms with Gasteiger partial charge in [0.15, 0.2) is 5.82 Å². The molecule has 31 heavy (non-hydrogen) atoms. The number of ether oxygens (including phenoxy) is 2. The highest BCUT2D eigenvalue weighted by Crippen LogP contribution is 2.28. The van der Waals surface area contributed by atoms with Crippen molar-refractivity contribution in [2.45, 2.75) is 45.7 Å². The lowest BCUT2D eigenvalue weighted by molar-refractivity contribution is -0.274. The Labute approximate surface area is 177 Å². The average Bonchev–Trinajstić information content (AvgIpc) is 2.60. The molecule has 0 saturated carbocycles. The molecular weight excluding hydrogens is 417 g/mol. The molecule has 2 amide bonds. The molecule has 1 heterocycles. The van der Waals surface area contributed by atoms with Crippen LogP contribution < -0.4 is 20.7 Å². The van der Waals surface area contributed by atoms with Gasteiger partial charge in [-0.1, -0.05) is 6.07 Å². The van der Waals surface area contributed by atoms with Gasteiger partial charge in [0.1, 0.15) is 17.4 Å². The van der Waals surface area contributed by atoms with E-state index in [9.17, 15) is 22.8 Å². The molecular formula is C20H23F3N4O4. The summed E-state index contributed by atoms with van der Waals surface area (Å²) in [7, 11) is 0. The molecule has 0 aliphatic carbocycles. The summed E-state index contributed by atoms with van der Waals surface area (Å²) in [6.07, 6.45) is -4.13. The van der Waals surface area contributed by atoms with E-state index in [4.69, 9.17) is 4.74 Å². The van der Waals surface area contributed by atoms with Crippen LogP contribution in [0.25, 0.3) is 0 Å². The van der Waals surface area contributed by atoms with E-state index in [0.29, 0.717) is 0 Å². The normalized spacial score (nSPS) is 12.5. The van der Waals surface area contributed by atoms with Gasteiger partial charge in [-0.15, -0.1) is 13.2 Å². The molecule has 1 aromatic carbocycles. The number of nitrogens with zero attached hydrogens (tertiary/aromatic N) is 1. The highest BCUT2D eigenvalue weighted by atomic mass is 19.4. The fraction of sp³-hybridized carbons (Fsp3) is 0.350. The summed E-state index contributed by atoms with van der Waals surface area (Å²) < 4.78 is 46.3. The molecule has 0 aliphatic heterocycles. The van der Waals surface area contributed by atoms with Gasteiger partial charge < -0.3 is 25.4 Å². The third-order valence-electron chi connectivity index (χ3n) is 3.52. The summed E-state index contributed by atoms with van der Waals surface area (Å²) >= 11 is 0. The number of hydrogen-bond donors (Lipinski definition) is 3. The Morgan fingerprint density at radius 2 is 1.81 bits per heavy atom. The molecule has 0 fully saturated rings. The predicted octanol–water partition coefficient (Wildman–Crippen LogP) is 4.58. The molecule has 0 aliphatic rings. The molecule has 0 radical (unpaired) electrons. The zero-order valence-electron chi connectivity index (χ0n) is 17.3. The zero-order valence-corrected chi connectivity index (χ0v) is 17.3. The first kappa shape index (κ1) is 23.8. The van der Waals surface area contributed by atoms with Crippen molar-refractivity contribution in [2.24, 2.45) is 0 Å². The van der Waals surface area contributed by atoms with E-state index < -0.39 is 35.8 Å². The molecule has 2 rings (SSSR count). The number of alkyl halides is 3. The summed E-state index contributed by atoms with van der Waals surface area (Å²) in [6.45, 7) is 6.56. The topological polar surface area (TPSA) is 102 Å². The second kappa shape index (κ2) is 9.54. The van der Waals surface area contributed by atoms with Crippen molar-refractivity contribution in [1.29, 1.82) is 0 Å². The van der Waals surface area contributed by atoms with Gasteiger partial charge in [0.2, 0.25) is 5.91 Å². The summed E-state index contributed by atoms with van der Waals surface area (Å²) in [5.74, 6) is -0.769. The van der Waals surface area contributed by atoms with Crippen LogP contribution in [-0.4, -0.2) is 35.0 Å². The lowest BCUT2D eigenvalue weighted by Crippen LogP contribution is -2.44. The van der Waals surface area contributed by atoms with Gasteiger partial charge in [-0.2, -0.15) is 0 Å². The number of pyridine rings is 1. The third-order valence-corrected chi connectivity index (χ3v) is 3.52. The van der Waals surface area contributed by atoms with E-state index in [2.05, 4.69) is 25.7 Å². The molecule has 0 saturated heterocycles. The molecule has 2 aromatic rings. The van der Waals surface area contributed by atoms with Crippen LogP contribution in [0.2, 0.25) is 0 Å². The number of halogens is 3.